The number of sulfonamides is 1. The molecular formula is C20H26N2O3S. The van der Waals surface area contributed by atoms with Gasteiger partial charge in [0.1, 0.15) is 0 Å². The average Bonchev–Trinajstić information content (AvgIpc) is 2.67. The highest BCUT2D eigenvalue weighted by Gasteiger charge is 2.23. The molecule has 2 aromatic rings. The van der Waals surface area contributed by atoms with Gasteiger partial charge in [-0.3, -0.25) is 4.79 Å². The molecule has 0 fully saturated rings. The van der Waals surface area contributed by atoms with Crippen LogP contribution in [0.1, 0.15) is 42.7 Å². The standard InChI is InChI=1S/C20H26N2O3S/c1-5-22(6-2)26(24,25)19-14-12-18(13-15-19)20(23)21(4)16(3)17-10-8-7-9-11-17/h7-16H,5-6H2,1-4H3. The van der Waals surface area contributed by atoms with E-state index in [0.29, 0.717) is 18.7 Å². The van der Waals surface area contributed by atoms with Crippen molar-refractivity contribution in [3.8, 4) is 0 Å². The van der Waals surface area contributed by atoms with Crippen molar-refractivity contribution in [3.63, 3.8) is 0 Å². The van der Waals surface area contributed by atoms with E-state index < -0.39 is 10.0 Å². The van der Waals surface area contributed by atoms with Crippen LogP contribution in [0.4, 0.5) is 0 Å². The Morgan fingerprint density at radius 1 is 0.962 bits per heavy atom. The molecule has 0 saturated carbocycles. The number of hydrogen-bond donors (Lipinski definition) is 0. The molecule has 0 bridgehead atoms. The zero-order chi connectivity index (χ0) is 19.3. The SMILES string of the molecule is CCN(CC)S(=O)(=O)c1ccc(C(=O)N(C)C(C)c2ccccc2)cc1. The first kappa shape index (κ1) is 20.1. The quantitative estimate of drug-likeness (QED) is 0.745. The van der Waals surface area contributed by atoms with E-state index in [2.05, 4.69) is 0 Å². The van der Waals surface area contributed by atoms with Crippen LogP contribution < -0.4 is 0 Å². The number of rotatable bonds is 7. The number of benzene rings is 2. The number of hydrogen-bond acceptors (Lipinski definition) is 3. The van der Waals surface area contributed by atoms with Crippen LogP contribution in [-0.4, -0.2) is 43.7 Å². The van der Waals surface area contributed by atoms with E-state index in [9.17, 15) is 13.2 Å². The Hall–Kier alpha value is -2.18. The lowest BCUT2D eigenvalue weighted by Gasteiger charge is -2.25. The minimum Gasteiger partial charge on any atom is -0.335 e. The predicted octanol–water partition coefficient (Wildman–Crippen LogP) is 3.55. The number of carbonyl (C=O) groups is 1. The van der Waals surface area contributed by atoms with Crippen molar-refractivity contribution in [3.05, 3.63) is 65.7 Å². The second kappa shape index (κ2) is 8.47. The largest absolute Gasteiger partial charge is 0.335 e. The molecule has 0 aliphatic carbocycles. The number of carbonyl (C=O) groups excluding carboxylic acids is 1. The van der Waals surface area contributed by atoms with Gasteiger partial charge in [0, 0.05) is 25.7 Å². The minimum atomic E-state index is -3.51. The topological polar surface area (TPSA) is 57.7 Å². The molecular weight excluding hydrogens is 348 g/mol. The van der Waals surface area contributed by atoms with Gasteiger partial charge in [0.25, 0.3) is 5.91 Å². The third-order valence-electron chi connectivity index (χ3n) is 4.63. The van der Waals surface area contributed by atoms with Crippen molar-refractivity contribution in [1.29, 1.82) is 0 Å². The lowest BCUT2D eigenvalue weighted by atomic mass is 10.1. The summed E-state index contributed by atoms with van der Waals surface area (Å²) >= 11 is 0. The summed E-state index contributed by atoms with van der Waals surface area (Å²) in [7, 11) is -1.76. The summed E-state index contributed by atoms with van der Waals surface area (Å²) in [6.07, 6.45) is 0. The van der Waals surface area contributed by atoms with Gasteiger partial charge in [-0.1, -0.05) is 44.2 Å². The Morgan fingerprint density at radius 2 is 1.50 bits per heavy atom. The fourth-order valence-electron chi connectivity index (χ4n) is 2.82. The Labute approximate surface area is 156 Å². The first-order valence-corrected chi connectivity index (χ1v) is 10.2. The maximum Gasteiger partial charge on any atom is 0.254 e. The monoisotopic (exact) mass is 374 g/mol. The molecule has 0 saturated heterocycles. The normalized spacial score (nSPS) is 12.8. The van der Waals surface area contributed by atoms with E-state index in [4.69, 9.17) is 0 Å². The molecule has 1 unspecified atom stereocenters. The molecule has 1 atom stereocenters. The molecule has 2 aromatic carbocycles. The van der Waals surface area contributed by atoms with Crippen LogP contribution in [0.5, 0.6) is 0 Å². The summed E-state index contributed by atoms with van der Waals surface area (Å²) in [5.74, 6) is -0.145. The van der Waals surface area contributed by atoms with Crippen LogP contribution in [0.3, 0.4) is 0 Å². The summed E-state index contributed by atoms with van der Waals surface area (Å²) in [4.78, 5) is 14.6. The van der Waals surface area contributed by atoms with E-state index in [0.717, 1.165) is 5.56 Å². The Kier molecular flexibility index (Phi) is 6.56. The third-order valence-corrected chi connectivity index (χ3v) is 6.69. The number of amides is 1. The molecule has 0 spiro atoms. The smallest absolute Gasteiger partial charge is 0.254 e. The van der Waals surface area contributed by atoms with Gasteiger partial charge in [-0.15, -0.1) is 0 Å². The highest BCUT2D eigenvalue weighted by Crippen LogP contribution is 2.22. The maximum atomic E-state index is 12.7. The van der Waals surface area contributed by atoms with E-state index in [-0.39, 0.29) is 16.8 Å². The zero-order valence-corrected chi connectivity index (χ0v) is 16.5. The third kappa shape index (κ3) is 4.14. The fraction of sp³-hybridized carbons (Fsp3) is 0.350. The fourth-order valence-corrected chi connectivity index (χ4v) is 4.27. The lowest BCUT2D eigenvalue weighted by molar-refractivity contribution is 0.0742. The molecule has 0 radical (unpaired) electrons. The Morgan fingerprint density at radius 3 is 2.00 bits per heavy atom. The van der Waals surface area contributed by atoms with Gasteiger partial charge in [0.15, 0.2) is 0 Å². The van der Waals surface area contributed by atoms with E-state index in [1.54, 1.807) is 37.9 Å². The average molecular weight is 375 g/mol. The Balaban J connectivity index is 2.21. The highest BCUT2D eigenvalue weighted by atomic mass is 32.2. The second-order valence-electron chi connectivity index (χ2n) is 6.12. The minimum absolute atomic E-state index is 0.0808. The van der Waals surface area contributed by atoms with E-state index in [1.807, 2.05) is 37.3 Å². The van der Waals surface area contributed by atoms with Gasteiger partial charge in [0.05, 0.1) is 10.9 Å². The van der Waals surface area contributed by atoms with E-state index in [1.165, 1.54) is 16.4 Å². The molecule has 0 aliphatic rings. The molecule has 2 rings (SSSR count). The van der Waals surface area contributed by atoms with E-state index >= 15 is 0 Å². The summed E-state index contributed by atoms with van der Waals surface area (Å²) in [5, 5.41) is 0. The van der Waals surface area contributed by atoms with Gasteiger partial charge < -0.3 is 4.90 Å². The number of nitrogens with zero attached hydrogens (tertiary/aromatic N) is 2. The van der Waals surface area contributed by atoms with Gasteiger partial charge in [-0.25, -0.2) is 8.42 Å². The summed E-state index contributed by atoms with van der Waals surface area (Å²) in [6, 6.07) is 15.9. The zero-order valence-electron chi connectivity index (χ0n) is 15.7. The van der Waals surface area contributed by atoms with Crippen molar-refractivity contribution in [2.24, 2.45) is 0 Å². The molecule has 0 N–H and O–H groups in total. The second-order valence-corrected chi connectivity index (χ2v) is 8.05. The van der Waals surface area contributed by atoms with Gasteiger partial charge in [-0.2, -0.15) is 4.31 Å². The highest BCUT2D eigenvalue weighted by molar-refractivity contribution is 7.89. The molecule has 1 amide bonds. The summed E-state index contributed by atoms with van der Waals surface area (Å²) < 4.78 is 26.5. The van der Waals surface area contributed by atoms with Crippen LogP contribution >= 0.6 is 0 Å². The van der Waals surface area contributed by atoms with Crippen molar-refractivity contribution >= 4 is 15.9 Å². The molecule has 26 heavy (non-hydrogen) atoms. The van der Waals surface area contributed by atoms with Gasteiger partial charge in [-0.05, 0) is 36.8 Å². The van der Waals surface area contributed by atoms with Crippen LogP contribution in [-0.2, 0) is 10.0 Å². The van der Waals surface area contributed by atoms with Gasteiger partial charge >= 0.3 is 0 Å². The van der Waals surface area contributed by atoms with Crippen molar-refractivity contribution < 1.29 is 13.2 Å². The molecule has 5 nitrogen and oxygen atoms in total. The summed E-state index contributed by atoms with van der Waals surface area (Å²) in [5.41, 5.74) is 1.51. The predicted molar refractivity (Wildman–Crippen MR) is 103 cm³/mol. The lowest BCUT2D eigenvalue weighted by Crippen LogP contribution is -2.31. The van der Waals surface area contributed by atoms with Crippen LogP contribution in [0, 0.1) is 0 Å². The van der Waals surface area contributed by atoms with Crippen molar-refractivity contribution in [1.82, 2.24) is 9.21 Å². The molecule has 0 aromatic heterocycles. The Bertz CT molecular complexity index is 829. The van der Waals surface area contributed by atoms with Crippen molar-refractivity contribution in [2.45, 2.75) is 31.7 Å². The first-order chi connectivity index (χ1) is 12.3. The molecule has 6 heteroatoms. The first-order valence-electron chi connectivity index (χ1n) is 8.75. The van der Waals surface area contributed by atoms with Crippen LogP contribution in [0.2, 0.25) is 0 Å². The molecule has 0 aliphatic heterocycles. The maximum absolute atomic E-state index is 12.7. The van der Waals surface area contributed by atoms with Crippen molar-refractivity contribution in [2.75, 3.05) is 20.1 Å². The summed E-state index contributed by atoms with van der Waals surface area (Å²) in [6.45, 7) is 6.40. The molecule has 140 valence electrons. The van der Waals surface area contributed by atoms with Gasteiger partial charge in [0.2, 0.25) is 10.0 Å². The van der Waals surface area contributed by atoms with Crippen LogP contribution in [0.15, 0.2) is 59.5 Å². The molecule has 0 heterocycles. The van der Waals surface area contributed by atoms with Crippen LogP contribution in [0.25, 0.3) is 0 Å².